The van der Waals surface area contributed by atoms with E-state index < -0.39 is 11.4 Å². The zero-order chi connectivity index (χ0) is 13.5. The van der Waals surface area contributed by atoms with Crippen LogP contribution in [0.1, 0.15) is 24.6 Å². The number of carbonyl (C=O) groups is 1. The highest BCUT2D eigenvalue weighted by Crippen LogP contribution is 2.47. The summed E-state index contributed by atoms with van der Waals surface area (Å²) < 4.78 is 1.62. The smallest absolute Gasteiger partial charge is 0.311 e. The molecule has 7 heteroatoms. The molecule has 0 amide bonds. The summed E-state index contributed by atoms with van der Waals surface area (Å²) in [5.74, 6) is -0.0911. The number of hydrogen-bond donors (Lipinski definition) is 1. The van der Waals surface area contributed by atoms with E-state index in [2.05, 4.69) is 28.5 Å². The topological polar surface area (TPSA) is 80.9 Å². The van der Waals surface area contributed by atoms with Crippen LogP contribution in [0.5, 0.6) is 0 Å². The number of nitrogens with zero attached hydrogens (tertiary/aromatic N) is 4. The number of aromatic nitrogens is 4. The molecule has 2 aromatic heterocycles. The summed E-state index contributed by atoms with van der Waals surface area (Å²) >= 11 is 1.65. The van der Waals surface area contributed by atoms with Crippen molar-refractivity contribution in [1.82, 2.24) is 20.2 Å². The summed E-state index contributed by atoms with van der Waals surface area (Å²) in [6.45, 7) is 2.45. The number of aliphatic carboxylic acids is 1. The monoisotopic (exact) mass is 278 g/mol. The lowest BCUT2D eigenvalue weighted by Gasteiger charge is -2.09. The minimum absolute atomic E-state index is 0.351. The number of aryl methyl sites for hydroxylation is 1. The van der Waals surface area contributed by atoms with Crippen molar-refractivity contribution < 1.29 is 9.90 Å². The Morgan fingerprint density at radius 3 is 2.89 bits per heavy atom. The van der Waals surface area contributed by atoms with Gasteiger partial charge in [0.25, 0.3) is 0 Å². The third kappa shape index (κ3) is 2.14. The molecule has 0 aliphatic heterocycles. The van der Waals surface area contributed by atoms with E-state index in [1.165, 1.54) is 4.88 Å². The minimum Gasteiger partial charge on any atom is -0.481 e. The van der Waals surface area contributed by atoms with E-state index in [0.29, 0.717) is 25.2 Å². The van der Waals surface area contributed by atoms with Gasteiger partial charge >= 0.3 is 5.97 Å². The third-order valence-electron chi connectivity index (χ3n) is 3.52. The summed E-state index contributed by atoms with van der Waals surface area (Å²) in [6, 6.07) is 4.05. The highest BCUT2D eigenvalue weighted by molar-refractivity contribution is 7.15. The van der Waals surface area contributed by atoms with Crippen molar-refractivity contribution in [2.24, 2.45) is 5.41 Å². The fourth-order valence-corrected chi connectivity index (χ4v) is 2.99. The Hall–Kier alpha value is -1.76. The van der Waals surface area contributed by atoms with Gasteiger partial charge in [-0.05, 0) is 41.8 Å². The molecule has 0 unspecified atom stereocenters. The molecule has 2 aromatic rings. The van der Waals surface area contributed by atoms with E-state index >= 15 is 0 Å². The molecular weight excluding hydrogens is 264 g/mol. The van der Waals surface area contributed by atoms with E-state index in [4.69, 9.17) is 0 Å². The molecule has 0 atom stereocenters. The van der Waals surface area contributed by atoms with E-state index in [1.807, 2.05) is 6.07 Å². The van der Waals surface area contributed by atoms with Crippen molar-refractivity contribution in [2.45, 2.75) is 32.7 Å². The van der Waals surface area contributed by atoms with Crippen LogP contribution in [0.4, 0.5) is 0 Å². The van der Waals surface area contributed by atoms with E-state index in [1.54, 1.807) is 16.0 Å². The van der Waals surface area contributed by atoms with Gasteiger partial charge in [-0.1, -0.05) is 6.92 Å². The zero-order valence-corrected chi connectivity index (χ0v) is 11.4. The molecule has 3 rings (SSSR count). The second kappa shape index (κ2) is 4.41. The normalized spacial score (nSPS) is 16.5. The molecule has 0 saturated heterocycles. The molecule has 100 valence electrons. The lowest BCUT2D eigenvalue weighted by molar-refractivity contribution is -0.144. The van der Waals surface area contributed by atoms with Crippen LogP contribution >= 0.6 is 11.3 Å². The van der Waals surface area contributed by atoms with Crippen molar-refractivity contribution in [2.75, 3.05) is 0 Å². The maximum atomic E-state index is 11.2. The number of tetrazole rings is 1. The van der Waals surface area contributed by atoms with Crippen LogP contribution in [-0.4, -0.2) is 31.3 Å². The summed E-state index contributed by atoms with van der Waals surface area (Å²) in [6.07, 6.45) is 2.38. The Morgan fingerprint density at radius 1 is 1.53 bits per heavy atom. The average Bonchev–Trinajstić information content (AvgIpc) is 2.84. The van der Waals surface area contributed by atoms with Gasteiger partial charge in [-0.25, -0.2) is 4.68 Å². The van der Waals surface area contributed by atoms with Gasteiger partial charge in [-0.15, -0.1) is 16.4 Å². The predicted octanol–water partition coefficient (Wildman–Crippen LogP) is 1.83. The third-order valence-corrected chi connectivity index (χ3v) is 4.75. The molecule has 0 spiro atoms. The standard InChI is InChI=1S/C12H14N4O2S/c1-2-8-3-4-9(19-8)10-13-14-15-16(10)7-12(5-6-12)11(17)18/h3-4H,2,5-7H2,1H3,(H,17,18). The molecular formula is C12H14N4O2S. The molecule has 1 saturated carbocycles. The first-order chi connectivity index (χ1) is 9.14. The maximum absolute atomic E-state index is 11.2. The van der Waals surface area contributed by atoms with Gasteiger partial charge in [0, 0.05) is 4.88 Å². The molecule has 0 bridgehead atoms. The first kappa shape index (κ1) is 12.3. The molecule has 1 aliphatic rings. The fourth-order valence-electron chi connectivity index (χ4n) is 2.05. The Bertz CT molecular complexity index is 615. The SMILES string of the molecule is CCc1ccc(-c2nnnn2CC2(C(=O)O)CC2)s1. The number of thiophene rings is 1. The van der Waals surface area contributed by atoms with E-state index in [-0.39, 0.29) is 0 Å². The maximum Gasteiger partial charge on any atom is 0.311 e. The van der Waals surface area contributed by atoms with Gasteiger partial charge in [0.2, 0.25) is 0 Å². The Kier molecular flexibility index (Phi) is 2.85. The second-order valence-electron chi connectivity index (χ2n) is 4.87. The molecule has 6 nitrogen and oxygen atoms in total. The molecule has 1 N–H and O–H groups in total. The first-order valence-electron chi connectivity index (χ1n) is 6.23. The number of hydrogen-bond acceptors (Lipinski definition) is 5. The van der Waals surface area contributed by atoms with Crippen LogP contribution in [0.3, 0.4) is 0 Å². The van der Waals surface area contributed by atoms with Crippen LogP contribution < -0.4 is 0 Å². The van der Waals surface area contributed by atoms with Crippen molar-refractivity contribution in [1.29, 1.82) is 0 Å². The molecule has 19 heavy (non-hydrogen) atoms. The van der Waals surface area contributed by atoms with Crippen LogP contribution in [0.15, 0.2) is 12.1 Å². The fraction of sp³-hybridized carbons (Fsp3) is 0.500. The first-order valence-corrected chi connectivity index (χ1v) is 7.05. The highest BCUT2D eigenvalue weighted by Gasteiger charge is 2.51. The summed E-state index contributed by atoms with van der Waals surface area (Å²) in [5, 5.41) is 20.9. The summed E-state index contributed by atoms with van der Waals surface area (Å²) in [4.78, 5) is 13.5. The number of carboxylic acid groups (broad SMARTS) is 1. The van der Waals surface area contributed by atoms with Crippen LogP contribution in [-0.2, 0) is 17.8 Å². The van der Waals surface area contributed by atoms with Crippen molar-refractivity contribution in [3.8, 4) is 10.7 Å². The Morgan fingerprint density at radius 2 is 2.32 bits per heavy atom. The number of carboxylic acids is 1. The van der Waals surface area contributed by atoms with Crippen molar-refractivity contribution in [3.63, 3.8) is 0 Å². The van der Waals surface area contributed by atoms with Gasteiger partial charge in [0.15, 0.2) is 5.82 Å². The van der Waals surface area contributed by atoms with E-state index in [0.717, 1.165) is 11.3 Å². The zero-order valence-electron chi connectivity index (χ0n) is 10.5. The lowest BCUT2D eigenvalue weighted by Crippen LogP contribution is -2.22. The van der Waals surface area contributed by atoms with Gasteiger partial charge in [-0.2, -0.15) is 0 Å². The van der Waals surface area contributed by atoms with Gasteiger partial charge in [0.05, 0.1) is 16.8 Å². The highest BCUT2D eigenvalue weighted by atomic mass is 32.1. The summed E-state index contributed by atoms with van der Waals surface area (Å²) in [5.41, 5.74) is -0.658. The molecule has 0 aromatic carbocycles. The number of rotatable bonds is 5. The second-order valence-corrected chi connectivity index (χ2v) is 6.03. The largest absolute Gasteiger partial charge is 0.481 e. The van der Waals surface area contributed by atoms with Gasteiger partial charge in [-0.3, -0.25) is 4.79 Å². The van der Waals surface area contributed by atoms with Crippen LogP contribution in [0, 0.1) is 5.41 Å². The quantitative estimate of drug-likeness (QED) is 0.902. The van der Waals surface area contributed by atoms with Gasteiger partial charge in [0.1, 0.15) is 0 Å². The van der Waals surface area contributed by atoms with Crippen LogP contribution in [0.25, 0.3) is 10.7 Å². The molecule has 2 heterocycles. The molecule has 0 radical (unpaired) electrons. The Labute approximate surface area is 114 Å². The Balaban J connectivity index is 1.88. The average molecular weight is 278 g/mol. The summed E-state index contributed by atoms with van der Waals surface area (Å²) in [7, 11) is 0. The van der Waals surface area contributed by atoms with E-state index in [9.17, 15) is 9.90 Å². The van der Waals surface area contributed by atoms with Crippen molar-refractivity contribution in [3.05, 3.63) is 17.0 Å². The lowest BCUT2D eigenvalue weighted by atomic mass is 10.1. The van der Waals surface area contributed by atoms with Gasteiger partial charge < -0.3 is 5.11 Å². The van der Waals surface area contributed by atoms with Crippen LogP contribution in [0.2, 0.25) is 0 Å². The van der Waals surface area contributed by atoms with Crippen molar-refractivity contribution >= 4 is 17.3 Å². The molecule has 1 fully saturated rings. The predicted molar refractivity (Wildman–Crippen MR) is 69.8 cm³/mol. The molecule has 1 aliphatic carbocycles. The minimum atomic E-state index is -0.755.